The lowest BCUT2D eigenvalue weighted by atomic mass is 10.2. The van der Waals surface area contributed by atoms with E-state index < -0.39 is 44.8 Å². The fraction of sp³-hybridized carbons (Fsp3) is 0. The van der Waals surface area contributed by atoms with E-state index in [9.17, 15) is 34.6 Å². The van der Waals surface area contributed by atoms with Gasteiger partial charge in [-0.25, -0.2) is 9.69 Å². The summed E-state index contributed by atoms with van der Waals surface area (Å²) < 4.78 is 4.99. The Kier molecular flexibility index (Phi) is 4.64. The predicted octanol–water partition coefficient (Wildman–Crippen LogP) is 2.15. The number of imide groups is 1. The van der Waals surface area contributed by atoms with Gasteiger partial charge >= 0.3 is 11.7 Å². The summed E-state index contributed by atoms with van der Waals surface area (Å²) in [5.41, 5.74) is -1.26. The Morgan fingerprint density at radius 2 is 1.61 bits per heavy atom. The van der Waals surface area contributed by atoms with Crippen LogP contribution in [-0.4, -0.2) is 27.6 Å². The van der Waals surface area contributed by atoms with Crippen LogP contribution in [0, 0.1) is 20.2 Å². The van der Waals surface area contributed by atoms with Gasteiger partial charge in [0, 0.05) is 18.2 Å². The van der Waals surface area contributed by atoms with Crippen LogP contribution in [0.25, 0.3) is 0 Å². The first kappa shape index (κ1) is 18.4. The van der Waals surface area contributed by atoms with Crippen LogP contribution in [0.3, 0.4) is 0 Å². The lowest BCUT2D eigenvalue weighted by Gasteiger charge is -2.14. The second-order valence-corrected chi connectivity index (χ2v) is 5.45. The molecule has 2 amide bonds. The highest BCUT2D eigenvalue weighted by atomic mass is 16.6. The van der Waals surface area contributed by atoms with Crippen LogP contribution in [-0.2, 0) is 9.59 Å². The Labute approximate surface area is 155 Å². The second-order valence-electron chi connectivity index (χ2n) is 5.45. The molecule has 0 bridgehead atoms. The summed E-state index contributed by atoms with van der Waals surface area (Å²) in [4.78, 5) is 56.8. The number of rotatable bonds is 5. The summed E-state index contributed by atoms with van der Waals surface area (Å²) in [6.07, 6.45) is 2.15. The second kappa shape index (κ2) is 7.07. The van der Waals surface area contributed by atoms with Crippen LogP contribution in [0.1, 0.15) is 10.4 Å². The van der Waals surface area contributed by atoms with Crippen molar-refractivity contribution in [1.82, 2.24) is 0 Å². The zero-order valence-electron chi connectivity index (χ0n) is 13.8. The van der Waals surface area contributed by atoms with E-state index in [1.54, 1.807) is 0 Å². The predicted molar refractivity (Wildman–Crippen MR) is 92.8 cm³/mol. The molecule has 140 valence electrons. The molecule has 0 aliphatic carbocycles. The third-order valence-electron chi connectivity index (χ3n) is 3.70. The van der Waals surface area contributed by atoms with Crippen LogP contribution in [0.15, 0.2) is 54.6 Å². The quantitative estimate of drug-likeness (QED) is 0.250. The summed E-state index contributed by atoms with van der Waals surface area (Å²) in [5, 5.41) is 21.9. The van der Waals surface area contributed by atoms with Gasteiger partial charge in [-0.15, -0.1) is 0 Å². The number of esters is 1. The van der Waals surface area contributed by atoms with Crippen LogP contribution in [0.5, 0.6) is 5.75 Å². The summed E-state index contributed by atoms with van der Waals surface area (Å²) in [7, 11) is 0. The number of amides is 2. The molecule has 1 aliphatic rings. The van der Waals surface area contributed by atoms with Gasteiger partial charge in [-0.1, -0.05) is 6.07 Å². The van der Waals surface area contributed by atoms with Crippen molar-refractivity contribution in [3.8, 4) is 5.75 Å². The Bertz CT molecular complexity index is 1060. The van der Waals surface area contributed by atoms with E-state index in [4.69, 9.17) is 4.74 Å². The normalized spacial score (nSPS) is 12.9. The number of nitro benzene ring substituents is 2. The third kappa shape index (κ3) is 3.44. The lowest BCUT2D eigenvalue weighted by molar-refractivity contribution is -0.394. The molecule has 0 saturated heterocycles. The van der Waals surface area contributed by atoms with Crippen molar-refractivity contribution in [2.24, 2.45) is 0 Å². The van der Waals surface area contributed by atoms with E-state index >= 15 is 0 Å². The molecule has 0 aromatic heterocycles. The fourth-order valence-corrected chi connectivity index (χ4v) is 2.43. The zero-order chi connectivity index (χ0) is 20.4. The van der Waals surface area contributed by atoms with E-state index in [1.165, 1.54) is 24.3 Å². The van der Waals surface area contributed by atoms with Crippen LogP contribution in [0.4, 0.5) is 17.1 Å². The molecule has 1 aliphatic heterocycles. The molecular formula is C17H9N3O8. The SMILES string of the molecule is O=C(Oc1ccc([N+](=O)[O-])cc1[N+](=O)[O-])c1cccc(N2C(=O)C=CC2=O)c1. The van der Waals surface area contributed by atoms with Crippen LogP contribution in [0.2, 0.25) is 0 Å². The van der Waals surface area contributed by atoms with Crippen molar-refractivity contribution in [3.63, 3.8) is 0 Å². The van der Waals surface area contributed by atoms with Gasteiger partial charge in [0.05, 0.1) is 27.2 Å². The molecule has 0 radical (unpaired) electrons. The average molecular weight is 383 g/mol. The van der Waals surface area contributed by atoms with Crippen LogP contribution < -0.4 is 9.64 Å². The number of non-ortho nitro benzene ring substituents is 1. The first-order valence-corrected chi connectivity index (χ1v) is 7.59. The van der Waals surface area contributed by atoms with Crippen molar-refractivity contribution in [1.29, 1.82) is 0 Å². The van der Waals surface area contributed by atoms with Crippen molar-refractivity contribution < 1.29 is 29.0 Å². The highest BCUT2D eigenvalue weighted by molar-refractivity contribution is 6.28. The van der Waals surface area contributed by atoms with E-state index in [1.807, 2.05) is 0 Å². The zero-order valence-corrected chi connectivity index (χ0v) is 13.8. The van der Waals surface area contributed by atoms with Crippen molar-refractivity contribution in [2.45, 2.75) is 0 Å². The van der Waals surface area contributed by atoms with Crippen molar-refractivity contribution in [2.75, 3.05) is 4.90 Å². The van der Waals surface area contributed by atoms with Gasteiger partial charge in [0.2, 0.25) is 5.75 Å². The summed E-state index contributed by atoms with van der Waals surface area (Å²) in [6, 6.07) is 7.92. The minimum atomic E-state index is -1.01. The Balaban J connectivity index is 1.89. The molecule has 0 N–H and O–H groups in total. The number of hydrogen-bond donors (Lipinski definition) is 0. The third-order valence-corrected chi connectivity index (χ3v) is 3.70. The number of carbonyl (C=O) groups excluding carboxylic acids is 3. The Morgan fingerprint density at radius 1 is 0.929 bits per heavy atom. The monoisotopic (exact) mass is 383 g/mol. The van der Waals surface area contributed by atoms with Gasteiger partial charge in [0.1, 0.15) is 0 Å². The summed E-state index contributed by atoms with van der Waals surface area (Å²) in [6.45, 7) is 0. The van der Waals surface area contributed by atoms with Gasteiger partial charge in [-0.2, -0.15) is 0 Å². The van der Waals surface area contributed by atoms with Crippen LogP contribution >= 0.6 is 0 Å². The number of ether oxygens (including phenoxy) is 1. The number of hydrogen-bond acceptors (Lipinski definition) is 8. The maximum Gasteiger partial charge on any atom is 0.343 e. The Hall–Kier alpha value is -4.41. The molecule has 0 spiro atoms. The average Bonchev–Trinajstić information content (AvgIpc) is 3.00. The number of anilines is 1. The topological polar surface area (TPSA) is 150 Å². The van der Waals surface area contributed by atoms with Gasteiger partial charge in [-0.05, 0) is 24.3 Å². The van der Waals surface area contributed by atoms with E-state index in [0.717, 1.165) is 29.2 Å². The maximum absolute atomic E-state index is 12.4. The van der Waals surface area contributed by atoms with Crippen molar-refractivity contribution >= 4 is 34.8 Å². The first-order chi connectivity index (χ1) is 13.3. The largest absolute Gasteiger partial charge is 0.416 e. The van der Waals surface area contributed by atoms with E-state index in [2.05, 4.69) is 0 Å². The molecule has 2 aromatic rings. The van der Waals surface area contributed by atoms with Gasteiger partial charge in [0.25, 0.3) is 17.5 Å². The number of benzene rings is 2. The summed E-state index contributed by atoms with van der Waals surface area (Å²) in [5.74, 6) is -2.66. The van der Waals surface area contributed by atoms with Gasteiger partial charge < -0.3 is 4.74 Å². The molecule has 11 heteroatoms. The molecule has 11 nitrogen and oxygen atoms in total. The number of nitro groups is 2. The van der Waals surface area contributed by atoms with E-state index in [0.29, 0.717) is 6.07 Å². The molecule has 0 atom stereocenters. The summed E-state index contributed by atoms with van der Waals surface area (Å²) >= 11 is 0. The lowest BCUT2D eigenvalue weighted by Crippen LogP contribution is -2.29. The minimum Gasteiger partial charge on any atom is -0.416 e. The van der Waals surface area contributed by atoms with Gasteiger partial charge in [-0.3, -0.25) is 29.8 Å². The molecular weight excluding hydrogens is 374 g/mol. The molecule has 3 rings (SSSR count). The number of carbonyl (C=O) groups is 3. The van der Waals surface area contributed by atoms with E-state index in [-0.39, 0.29) is 11.3 Å². The standard InChI is InChI=1S/C17H9N3O8/c21-15-6-7-16(22)18(15)11-3-1-2-10(8-11)17(23)28-14-5-4-12(19(24)25)9-13(14)20(26)27/h1-9H. The van der Waals surface area contributed by atoms with Gasteiger partial charge in [0.15, 0.2) is 0 Å². The van der Waals surface area contributed by atoms with Crippen molar-refractivity contribution in [3.05, 3.63) is 80.4 Å². The number of nitrogens with zero attached hydrogens (tertiary/aromatic N) is 3. The molecule has 1 heterocycles. The molecule has 2 aromatic carbocycles. The molecule has 28 heavy (non-hydrogen) atoms. The highest BCUT2D eigenvalue weighted by Gasteiger charge is 2.27. The highest BCUT2D eigenvalue weighted by Crippen LogP contribution is 2.32. The smallest absolute Gasteiger partial charge is 0.343 e. The Morgan fingerprint density at radius 3 is 2.21 bits per heavy atom. The minimum absolute atomic E-state index is 0.0855. The molecule has 0 saturated carbocycles. The fourth-order valence-electron chi connectivity index (χ4n) is 2.43. The molecule has 0 unspecified atom stereocenters. The maximum atomic E-state index is 12.4. The molecule has 0 fully saturated rings. The first-order valence-electron chi connectivity index (χ1n) is 7.59.